The predicted molar refractivity (Wildman–Crippen MR) is 33.8 cm³/mol. The molecule has 0 atom stereocenters. The van der Waals surface area contributed by atoms with Crippen LogP contribution in [0.3, 0.4) is 0 Å². The summed E-state index contributed by atoms with van der Waals surface area (Å²) in [5.41, 5.74) is 6.53. The monoisotopic (exact) mass is 147 g/mol. The fourth-order valence-corrected chi connectivity index (χ4v) is 0.270. The molecule has 0 radical (unpaired) electrons. The minimum Gasteiger partial charge on any atom is -0.350 e. The van der Waals surface area contributed by atoms with Crippen molar-refractivity contribution in [2.24, 2.45) is 16.7 Å². The number of nitrogens with two attached hydrogens (primary N) is 2. The Balaban J connectivity index is 3.62. The van der Waals surface area contributed by atoms with Gasteiger partial charge in [-0.25, -0.2) is 16.1 Å². The third kappa shape index (κ3) is 4.69. The standard InChI is InChI=1S/C2H5N5OS/c3-2(8)6-7(4)5-1-9/h4H2,(H3,3,6,8). The van der Waals surface area contributed by atoms with Gasteiger partial charge in [-0.2, -0.15) is 0 Å². The van der Waals surface area contributed by atoms with Gasteiger partial charge in [-0.1, -0.05) is 5.10 Å². The van der Waals surface area contributed by atoms with Crippen LogP contribution in [-0.4, -0.2) is 16.4 Å². The number of amides is 2. The Kier molecular flexibility index (Phi) is 3.29. The summed E-state index contributed by atoms with van der Waals surface area (Å²) in [6.45, 7) is 0. The molecule has 0 aliphatic carbocycles. The van der Waals surface area contributed by atoms with E-state index in [0.29, 0.717) is 5.23 Å². The smallest absolute Gasteiger partial charge is 0.333 e. The van der Waals surface area contributed by atoms with Crippen LogP contribution in [0.25, 0.3) is 0 Å². The maximum absolute atomic E-state index is 9.95. The van der Waals surface area contributed by atoms with Crippen LogP contribution in [0.2, 0.25) is 0 Å². The molecule has 0 rings (SSSR count). The van der Waals surface area contributed by atoms with Gasteiger partial charge in [0.05, 0.1) is 5.16 Å². The molecule has 50 valence electrons. The zero-order valence-corrected chi connectivity index (χ0v) is 5.18. The molecule has 7 heteroatoms. The summed E-state index contributed by atoms with van der Waals surface area (Å²) in [6.07, 6.45) is 0. The number of thiocarbonyl (C=S) groups is 1. The van der Waals surface area contributed by atoms with Gasteiger partial charge in [0.15, 0.2) is 0 Å². The second-order valence-corrected chi connectivity index (χ2v) is 1.19. The van der Waals surface area contributed by atoms with E-state index in [0.717, 1.165) is 0 Å². The first kappa shape index (κ1) is 7.83. The number of hydrazine groups is 2. The minimum absolute atomic E-state index is 0.565. The Morgan fingerprint density at radius 1 is 1.89 bits per heavy atom. The first-order valence-corrected chi connectivity index (χ1v) is 2.26. The van der Waals surface area contributed by atoms with E-state index in [-0.39, 0.29) is 0 Å². The largest absolute Gasteiger partial charge is 0.350 e. The van der Waals surface area contributed by atoms with Crippen LogP contribution in [0.15, 0.2) is 5.10 Å². The van der Waals surface area contributed by atoms with Crippen molar-refractivity contribution in [1.82, 2.24) is 10.7 Å². The molecule has 0 saturated heterocycles. The summed E-state index contributed by atoms with van der Waals surface area (Å²) in [7, 11) is 0. The molecule has 0 fully saturated rings. The van der Waals surface area contributed by atoms with Gasteiger partial charge in [-0.15, -0.1) is 5.23 Å². The molecule has 9 heavy (non-hydrogen) atoms. The Morgan fingerprint density at radius 3 is 2.78 bits per heavy atom. The molecule has 0 saturated carbocycles. The highest BCUT2D eigenvalue weighted by molar-refractivity contribution is 7.78. The molecule has 0 unspecified atom stereocenters. The number of nitrogens with zero attached hydrogens (tertiary/aromatic N) is 2. The maximum Gasteiger partial charge on any atom is 0.333 e. The van der Waals surface area contributed by atoms with Crippen molar-refractivity contribution in [2.75, 3.05) is 0 Å². The molecule has 0 bridgehead atoms. The van der Waals surface area contributed by atoms with Crippen LogP contribution in [0.5, 0.6) is 0 Å². The van der Waals surface area contributed by atoms with Crippen LogP contribution in [0.1, 0.15) is 0 Å². The van der Waals surface area contributed by atoms with Gasteiger partial charge in [0.1, 0.15) is 0 Å². The maximum atomic E-state index is 9.95. The zero-order chi connectivity index (χ0) is 7.28. The lowest BCUT2D eigenvalue weighted by molar-refractivity contribution is 0.191. The number of primary amides is 1. The van der Waals surface area contributed by atoms with Crippen molar-refractivity contribution >= 4 is 23.4 Å². The number of carbonyl (C=O) groups is 1. The van der Waals surface area contributed by atoms with Gasteiger partial charge in [-0.05, 0) is 12.2 Å². The van der Waals surface area contributed by atoms with E-state index in [9.17, 15) is 4.79 Å². The van der Waals surface area contributed by atoms with E-state index in [1.807, 2.05) is 10.6 Å². The van der Waals surface area contributed by atoms with E-state index in [4.69, 9.17) is 5.84 Å². The lowest BCUT2D eigenvalue weighted by Gasteiger charge is -2.07. The zero-order valence-electron chi connectivity index (χ0n) is 4.37. The van der Waals surface area contributed by atoms with Gasteiger partial charge < -0.3 is 5.73 Å². The fourth-order valence-electron chi connectivity index (χ4n) is 0.182. The van der Waals surface area contributed by atoms with E-state index in [1.54, 1.807) is 0 Å². The molecule has 0 aromatic heterocycles. The van der Waals surface area contributed by atoms with Gasteiger partial charge in [0, 0.05) is 0 Å². The highest BCUT2D eigenvalue weighted by Crippen LogP contribution is 1.65. The Hall–Kier alpha value is -1.17. The summed E-state index contributed by atoms with van der Waals surface area (Å²) < 4.78 is 0. The first-order valence-electron chi connectivity index (χ1n) is 1.85. The predicted octanol–water partition coefficient (Wildman–Crippen LogP) is -1.24. The molecule has 0 aromatic carbocycles. The summed E-state index contributed by atoms with van der Waals surface area (Å²) in [4.78, 5) is 9.95. The summed E-state index contributed by atoms with van der Waals surface area (Å²) in [5.74, 6) is 4.91. The number of isothiocyanates is 1. The molecule has 0 aliphatic heterocycles. The number of hydrogen-bond donors (Lipinski definition) is 3. The van der Waals surface area contributed by atoms with Crippen molar-refractivity contribution in [2.45, 2.75) is 0 Å². The number of urea groups is 1. The lowest BCUT2D eigenvalue weighted by atomic mass is 11.1. The molecule has 2 amide bonds. The molecular weight excluding hydrogens is 142 g/mol. The lowest BCUT2D eigenvalue weighted by Crippen LogP contribution is -2.45. The minimum atomic E-state index is -0.813. The fraction of sp³-hybridized carbons (Fsp3) is 0. The van der Waals surface area contributed by atoms with Crippen LogP contribution >= 0.6 is 12.2 Å². The topological polar surface area (TPSA) is 96.7 Å². The van der Waals surface area contributed by atoms with E-state index < -0.39 is 6.03 Å². The average molecular weight is 147 g/mol. The number of rotatable bonds is 2. The first-order chi connectivity index (χ1) is 4.16. The molecule has 6 nitrogen and oxygen atoms in total. The van der Waals surface area contributed by atoms with E-state index >= 15 is 0 Å². The number of hydrogen-bond acceptors (Lipinski definition) is 5. The van der Waals surface area contributed by atoms with Crippen molar-refractivity contribution in [3.63, 3.8) is 0 Å². The van der Waals surface area contributed by atoms with Gasteiger partial charge in [-0.3, -0.25) is 0 Å². The molecule has 0 aliphatic rings. The van der Waals surface area contributed by atoms with E-state index in [2.05, 4.69) is 23.1 Å². The summed E-state index contributed by atoms with van der Waals surface area (Å²) >= 11 is 4.15. The van der Waals surface area contributed by atoms with E-state index in [1.165, 1.54) is 0 Å². The van der Waals surface area contributed by atoms with Gasteiger partial charge in [0.25, 0.3) is 0 Å². The SMILES string of the molecule is NC(=O)NN(N)N=C=S. The number of carbonyl (C=O) groups excluding carboxylic acids is 1. The van der Waals surface area contributed by atoms with Crippen LogP contribution in [0.4, 0.5) is 4.79 Å². The number of hydrazone groups is 1. The average Bonchev–Trinajstić information content (AvgIpc) is 1.63. The Labute approximate surface area is 56.4 Å². The second kappa shape index (κ2) is 3.79. The molecule has 5 N–H and O–H groups in total. The quantitative estimate of drug-likeness (QED) is 0.197. The van der Waals surface area contributed by atoms with Crippen LogP contribution in [-0.2, 0) is 0 Å². The second-order valence-electron chi connectivity index (χ2n) is 1.01. The van der Waals surface area contributed by atoms with Gasteiger partial charge >= 0.3 is 6.03 Å². The van der Waals surface area contributed by atoms with Crippen molar-refractivity contribution < 1.29 is 4.79 Å². The third-order valence-electron chi connectivity index (χ3n) is 0.373. The normalized spacial score (nSPS) is 7.22. The van der Waals surface area contributed by atoms with Gasteiger partial charge in [0.2, 0.25) is 0 Å². The molecule has 0 aromatic rings. The third-order valence-corrected chi connectivity index (χ3v) is 0.455. The number of nitrogens with one attached hydrogen (secondary N) is 1. The molecule has 0 heterocycles. The van der Waals surface area contributed by atoms with Crippen LogP contribution in [0, 0.1) is 0 Å². The highest BCUT2D eigenvalue weighted by atomic mass is 32.1. The van der Waals surface area contributed by atoms with Crippen LogP contribution < -0.4 is 17.0 Å². The summed E-state index contributed by atoms with van der Waals surface area (Å²) in [6, 6.07) is -0.813. The Morgan fingerprint density at radius 2 is 2.44 bits per heavy atom. The van der Waals surface area contributed by atoms with Crippen molar-refractivity contribution in [3.8, 4) is 0 Å². The summed E-state index contributed by atoms with van der Waals surface area (Å²) in [5, 5.41) is 5.61. The molecular formula is C2H5N5OS. The van der Waals surface area contributed by atoms with Crippen molar-refractivity contribution in [1.29, 1.82) is 0 Å². The van der Waals surface area contributed by atoms with Crippen molar-refractivity contribution in [3.05, 3.63) is 0 Å². The molecule has 0 spiro atoms. The Bertz CT molecular complexity index is 151. The highest BCUT2D eigenvalue weighted by Gasteiger charge is 1.92.